The Hall–Kier alpha value is -0.470. The molecular formula is C16H25NS. The molecule has 0 saturated carbocycles. The fourth-order valence-electron chi connectivity index (χ4n) is 2.67. The maximum atomic E-state index is 3.63. The van der Waals surface area contributed by atoms with E-state index in [1.54, 1.807) is 11.1 Å². The van der Waals surface area contributed by atoms with Crippen LogP contribution in [0.5, 0.6) is 0 Å². The number of aryl methyl sites for hydroxylation is 2. The topological polar surface area (TPSA) is 12.0 Å². The quantitative estimate of drug-likeness (QED) is 0.747. The van der Waals surface area contributed by atoms with E-state index in [9.17, 15) is 0 Å². The van der Waals surface area contributed by atoms with Crippen LogP contribution in [-0.2, 0) is 12.8 Å². The van der Waals surface area contributed by atoms with Gasteiger partial charge in [-0.1, -0.05) is 32.0 Å². The van der Waals surface area contributed by atoms with Crippen molar-refractivity contribution in [3.63, 3.8) is 0 Å². The Kier molecular flexibility index (Phi) is 5.58. The molecular weight excluding hydrogens is 238 g/mol. The first-order chi connectivity index (χ1) is 8.85. The molecule has 2 rings (SSSR count). The molecule has 1 aromatic rings. The highest BCUT2D eigenvalue weighted by atomic mass is 32.2. The van der Waals surface area contributed by atoms with Gasteiger partial charge in [0, 0.05) is 11.8 Å². The minimum Gasteiger partial charge on any atom is -0.310 e. The molecule has 1 aromatic carbocycles. The van der Waals surface area contributed by atoms with Gasteiger partial charge in [0.1, 0.15) is 0 Å². The number of thioether (sulfide) groups is 1. The van der Waals surface area contributed by atoms with Crippen LogP contribution in [0.4, 0.5) is 0 Å². The van der Waals surface area contributed by atoms with Gasteiger partial charge in [0.05, 0.1) is 0 Å². The Morgan fingerprint density at radius 1 is 1.22 bits per heavy atom. The van der Waals surface area contributed by atoms with Crippen LogP contribution in [0, 0.1) is 0 Å². The molecule has 0 aliphatic heterocycles. The smallest absolute Gasteiger partial charge is 0.0411 e. The van der Waals surface area contributed by atoms with Crippen molar-refractivity contribution in [2.75, 3.05) is 18.1 Å². The maximum absolute atomic E-state index is 3.63. The van der Waals surface area contributed by atoms with Gasteiger partial charge in [0.25, 0.3) is 0 Å². The average molecular weight is 263 g/mol. The molecule has 0 fully saturated rings. The van der Waals surface area contributed by atoms with E-state index in [-0.39, 0.29) is 0 Å². The molecule has 0 bridgehead atoms. The summed E-state index contributed by atoms with van der Waals surface area (Å²) in [6.07, 6.45) is 5.18. The van der Waals surface area contributed by atoms with Gasteiger partial charge in [0.2, 0.25) is 0 Å². The highest BCUT2D eigenvalue weighted by molar-refractivity contribution is 7.99. The number of hydrogen-bond acceptors (Lipinski definition) is 2. The molecule has 0 aromatic heterocycles. The maximum Gasteiger partial charge on any atom is 0.0411 e. The lowest BCUT2D eigenvalue weighted by atomic mass is 10.0. The van der Waals surface area contributed by atoms with Gasteiger partial charge in [-0.2, -0.15) is 11.8 Å². The fourth-order valence-corrected chi connectivity index (χ4v) is 3.67. The average Bonchev–Trinajstić information content (AvgIpc) is 2.85. The van der Waals surface area contributed by atoms with Crippen molar-refractivity contribution >= 4 is 11.8 Å². The summed E-state index contributed by atoms with van der Waals surface area (Å²) in [5.74, 6) is 2.47. The summed E-state index contributed by atoms with van der Waals surface area (Å²) >= 11 is 2.07. The molecule has 1 aliphatic carbocycles. The lowest BCUT2D eigenvalue weighted by molar-refractivity contribution is 0.605. The zero-order chi connectivity index (χ0) is 12.8. The SMILES string of the molecule is CCCSCC(NCC)c1ccc2c(c1)CCC2. The minimum absolute atomic E-state index is 0.525. The van der Waals surface area contributed by atoms with E-state index in [4.69, 9.17) is 0 Å². The van der Waals surface area contributed by atoms with Crippen LogP contribution in [0.15, 0.2) is 18.2 Å². The number of rotatable bonds is 7. The monoisotopic (exact) mass is 263 g/mol. The summed E-state index contributed by atoms with van der Waals surface area (Å²) in [6, 6.07) is 7.66. The predicted octanol–water partition coefficient (Wildman–Crippen LogP) is 3.97. The molecule has 0 radical (unpaired) electrons. The Bertz CT molecular complexity index is 375. The number of benzene rings is 1. The Morgan fingerprint density at radius 3 is 2.83 bits per heavy atom. The van der Waals surface area contributed by atoms with Gasteiger partial charge in [-0.05, 0) is 54.7 Å². The zero-order valence-corrected chi connectivity index (χ0v) is 12.5. The highest BCUT2D eigenvalue weighted by Crippen LogP contribution is 2.27. The van der Waals surface area contributed by atoms with Crippen molar-refractivity contribution in [2.45, 2.75) is 45.6 Å². The third kappa shape index (κ3) is 3.52. The van der Waals surface area contributed by atoms with E-state index in [2.05, 4.69) is 49.1 Å². The van der Waals surface area contributed by atoms with E-state index in [1.807, 2.05) is 0 Å². The number of nitrogens with one attached hydrogen (secondary N) is 1. The van der Waals surface area contributed by atoms with Gasteiger partial charge in [0.15, 0.2) is 0 Å². The van der Waals surface area contributed by atoms with Crippen LogP contribution >= 0.6 is 11.8 Å². The summed E-state index contributed by atoms with van der Waals surface area (Å²) in [5, 5.41) is 3.63. The predicted molar refractivity (Wildman–Crippen MR) is 82.5 cm³/mol. The largest absolute Gasteiger partial charge is 0.310 e. The summed E-state index contributed by atoms with van der Waals surface area (Å²) < 4.78 is 0. The van der Waals surface area contributed by atoms with Gasteiger partial charge < -0.3 is 5.32 Å². The second-order valence-corrected chi connectivity index (χ2v) is 6.22. The molecule has 0 spiro atoms. The Labute approximate surface area is 116 Å². The normalized spacial score (nSPS) is 15.7. The molecule has 18 heavy (non-hydrogen) atoms. The van der Waals surface area contributed by atoms with Crippen LogP contribution < -0.4 is 5.32 Å². The first-order valence-corrected chi connectivity index (χ1v) is 8.43. The third-order valence-corrected chi connectivity index (χ3v) is 4.87. The summed E-state index contributed by atoms with van der Waals surface area (Å²) in [4.78, 5) is 0. The van der Waals surface area contributed by atoms with Crippen LogP contribution in [0.25, 0.3) is 0 Å². The van der Waals surface area contributed by atoms with E-state index in [0.29, 0.717) is 6.04 Å². The van der Waals surface area contributed by atoms with Gasteiger partial charge in [-0.15, -0.1) is 0 Å². The second kappa shape index (κ2) is 7.20. The first-order valence-electron chi connectivity index (χ1n) is 7.28. The molecule has 1 atom stereocenters. The van der Waals surface area contributed by atoms with Crippen molar-refractivity contribution in [3.8, 4) is 0 Å². The van der Waals surface area contributed by atoms with Crippen LogP contribution in [0.2, 0.25) is 0 Å². The summed E-state index contributed by atoms with van der Waals surface area (Å²) in [5.41, 5.74) is 4.66. The van der Waals surface area contributed by atoms with Crippen molar-refractivity contribution in [3.05, 3.63) is 34.9 Å². The lowest BCUT2D eigenvalue weighted by Crippen LogP contribution is -2.23. The molecule has 1 unspecified atom stereocenters. The Morgan fingerprint density at radius 2 is 2.06 bits per heavy atom. The molecule has 1 aliphatic rings. The zero-order valence-electron chi connectivity index (χ0n) is 11.7. The van der Waals surface area contributed by atoms with Crippen molar-refractivity contribution < 1.29 is 0 Å². The highest BCUT2D eigenvalue weighted by Gasteiger charge is 2.15. The van der Waals surface area contributed by atoms with Crippen molar-refractivity contribution in [2.24, 2.45) is 0 Å². The standard InChI is InChI=1S/C16H25NS/c1-3-10-18-12-16(17-4-2)15-9-8-13-6-5-7-14(13)11-15/h8-9,11,16-17H,3-7,10,12H2,1-2H3. The minimum atomic E-state index is 0.525. The van der Waals surface area contributed by atoms with Crippen molar-refractivity contribution in [1.29, 1.82) is 0 Å². The summed E-state index contributed by atoms with van der Waals surface area (Å²) in [7, 11) is 0. The molecule has 0 saturated heterocycles. The number of fused-ring (bicyclic) bond motifs is 1. The molecule has 0 amide bonds. The first kappa shape index (κ1) is 14.0. The number of hydrogen-bond donors (Lipinski definition) is 1. The van der Waals surface area contributed by atoms with Crippen LogP contribution in [0.3, 0.4) is 0 Å². The summed E-state index contributed by atoms with van der Waals surface area (Å²) in [6.45, 7) is 5.50. The molecule has 2 heteroatoms. The third-order valence-electron chi connectivity index (χ3n) is 3.61. The van der Waals surface area contributed by atoms with Crippen LogP contribution in [0.1, 0.15) is 49.4 Å². The van der Waals surface area contributed by atoms with Crippen molar-refractivity contribution in [1.82, 2.24) is 5.32 Å². The fraction of sp³-hybridized carbons (Fsp3) is 0.625. The van der Waals surface area contributed by atoms with E-state index in [1.165, 1.54) is 42.8 Å². The molecule has 0 heterocycles. The van der Waals surface area contributed by atoms with E-state index >= 15 is 0 Å². The van der Waals surface area contributed by atoms with Crippen LogP contribution in [-0.4, -0.2) is 18.1 Å². The van der Waals surface area contributed by atoms with E-state index < -0.39 is 0 Å². The van der Waals surface area contributed by atoms with E-state index in [0.717, 1.165) is 6.54 Å². The molecule has 1 N–H and O–H groups in total. The van der Waals surface area contributed by atoms with Gasteiger partial charge in [-0.25, -0.2) is 0 Å². The van der Waals surface area contributed by atoms with Gasteiger partial charge >= 0.3 is 0 Å². The molecule has 100 valence electrons. The lowest BCUT2D eigenvalue weighted by Gasteiger charge is -2.19. The van der Waals surface area contributed by atoms with Gasteiger partial charge in [-0.3, -0.25) is 0 Å². The second-order valence-electron chi connectivity index (χ2n) is 5.07. The molecule has 1 nitrogen and oxygen atoms in total. The Balaban J connectivity index is 2.04.